The number of rotatable bonds is 4. The van der Waals surface area contributed by atoms with E-state index in [1.807, 2.05) is 0 Å². The number of fused-ring (bicyclic) bond motifs is 1. The Morgan fingerprint density at radius 3 is 2.63 bits per heavy atom. The van der Waals surface area contributed by atoms with Gasteiger partial charge in [0.25, 0.3) is 11.6 Å². The average Bonchev–Trinajstić information content (AvgIpc) is 3.36. The van der Waals surface area contributed by atoms with Crippen LogP contribution < -0.4 is 0 Å². The molecular weight excluding hydrogens is 352 g/mol. The number of aliphatic carboxylic acids is 1. The van der Waals surface area contributed by atoms with Crippen molar-refractivity contribution in [1.82, 2.24) is 14.7 Å². The molecule has 0 spiro atoms. The van der Waals surface area contributed by atoms with E-state index in [4.69, 9.17) is 0 Å². The number of carbonyl (C=O) groups excluding carboxylic acids is 1. The van der Waals surface area contributed by atoms with Crippen LogP contribution in [0.3, 0.4) is 0 Å². The molecule has 2 aromatic rings. The van der Waals surface area contributed by atoms with Crippen molar-refractivity contribution in [3.05, 3.63) is 52.3 Å². The van der Waals surface area contributed by atoms with Gasteiger partial charge in [-0.3, -0.25) is 14.9 Å². The first-order valence-electron chi connectivity index (χ1n) is 8.79. The van der Waals surface area contributed by atoms with E-state index < -0.39 is 16.9 Å². The molecule has 4 rings (SSSR count). The van der Waals surface area contributed by atoms with Gasteiger partial charge < -0.3 is 10.0 Å². The highest BCUT2D eigenvalue weighted by Gasteiger charge is 2.49. The van der Waals surface area contributed by atoms with Gasteiger partial charge in [-0.05, 0) is 36.8 Å². The molecule has 1 saturated carbocycles. The molecule has 2 aliphatic rings. The summed E-state index contributed by atoms with van der Waals surface area (Å²) >= 11 is 0. The van der Waals surface area contributed by atoms with Gasteiger partial charge in [-0.2, -0.15) is 5.10 Å². The summed E-state index contributed by atoms with van der Waals surface area (Å²) in [6.07, 6.45) is 5.74. The van der Waals surface area contributed by atoms with E-state index in [1.165, 1.54) is 34.1 Å². The average molecular weight is 370 g/mol. The fourth-order valence-electron chi connectivity index (χ4n) is 4.30. The predicted octanol–water partition coefficient (Wildman–Crippen LogP) is 2.11. The van der Waals surface area contributed by atoms with Crippen molar-refractivity contribution in [3.8, 4) is 5.69 Å². The first kappa shape index (κ1) is 17.2. The monoisotopic (exact) mass is 370 g/mol. The van der Waals surface area contributed by atoms with Crippen molar-refractivity contribution in [2.45, 2.75) is 25.3 Å². The van der Waals surface area contributed by atoms with Crippen LogP contribution in [0, 0.1) is 22.0 Å². The summed E-state index contributed by atoms with van der Waals surface area (Å²) in [7, 11) is 0. The lowest BCUT2D eigenvalue weighted by molar-refractivity contribution is -0.384. The van der Waals surface area contributed by atoms with Crippen LogP contribution in [-0.4, -0.2) is 49.2 Å². The first-order valence-corrected chi connectivity index (χ1v) is 8.79. The molecule has 140 valence electrons. The summed E-state index contributed by atoms with van der Waals surface area (Å²) < 4.78 is 1.45. The van der Waals surface area contributed by atoms with Gasteiger partial charge in [0.05, 0.1) is 22.4 Å². The van der Waals surface area contributed by atoms with Gasteiger partial charge in [-0.25, -0.2) is 9.48 Å². The van der Waals surface area contributed by atoms with Crippen LogP contribution in [0.5, 0.6) is 0 Å². The summed E-state index contributed by atoms with van der Waals surface area (Å²) in [5.41, 5.74) is 0.849. The highest BCUT2D eigenvalue weighted by atomic mass is 16.6. The Kier molecular flexibility index (Phi) is 4.14. The maximum atomic E-state index is 12.9. The molecule has 1 amide bonds. The van der Waals surface area contributed by atoms with E-state index in [1.54, 1.807) is 12.1 Å². The lowest BCUT2D eigenvalue weighted by Gasteiger charge is -2.23. The minimum Gasteiger partial charge on any atom is -0.480 e. The minimum absolute atomic E-state index is 0.0242. The maximum absolute atomic E-state index is 12.9. The molecule has 0 bridgehead atoms. The largest absolute Gasteiger partial charge is 0.480 e. The van der Waals surface area contributed by atoms with E-state index in [0.717, 1.165) is 19.3 Å². The van der Waals surface area contributed by atoms with Gasteiger partial charge in [0, 0.05) is 24.9 Å². The molecule has 3 atom stereocenters. The second-order valence-corrected chi connectivity index (χ2v) is 7.04. The minimum atomic E-state index is -0.958. The summed E-state index contributed by atoms with van der Waals surface area (Å²) in [6.45, 7) is 0.461. The zero-order valence-electron chi connectivity index (χ0n) is 14.4. The second-order valence-electron chi connectivity index (χ2n) is 7.04. The van der Waals surface area contributed by atoms with Crippen molar-refractivity contribution in [2.24, 2.45) is 11.8 Å². The molecule has 3 unspecified atom stereocenters. The lowest BCUT2D eigenvalue weighted by Crippen LogP contribution is -2.43. The standard InChI is InChI=1S/C18H18N4O5/c23-17(20-9-11-2-1-3-15(11)16(20)18(24)25)12-8-19-21(10-12)13-4-6-14(7-5-13)22(26)27/h4-8,10-11,15-16H,1-3,9H2,(H,24,25). The molecule has 27 heavy (non-hydrogen) atoms. The number of carboxylic acids is 1. The number of nitro groups is 1. The maximum Gasteiger partial charge on any atom is 0.326 e. The summed E-state index contributed by atoms with van der Waals surface area (Å²) in [4.78, 5) is 36.3. The topological polar surface area (TPSA) is 119 Å². The number of non-ortho nitro benzene ring substituents is 1. The zero-order chi connectivity index (χ0) is 19.1. The van der Waals surface area contributed by atoms with Crippen molar-refractivity contribution in [3.63, 3.8) is 0 Å². The third-order valence-electron chi connectivity index (χ3n) is 5.56. The number of hydrogen-bond acceptors (Lipinski definition) is 5. The van der Waals surface area contributed by atoms with Crippen LogP contribution in [0.25, 0.3) is 5.69 Å². The predicted molar refractivity (Wildman–Crippen MR) is 93.5 cm³/mol. The number of carboxylic acid groups (broad SMARTS) is 1. The normalized spacial score (nSPS) is 24.0. The fraction of sp³-hybridized carbons (Fsp3) is 0.389. The van der Waals surface area contributed by atoms with Gasteiger partial charge in [-0.15, -0.1) is 0 Å². The molecule has 9 heteroatoms. The number of nitro benzene ring substituents is 1. The number of likely N-dealkylation sites (tertiary alicyclic amines) is 1. The van der Waals surface area contributed by atoms with Crippen LogP contribution in [0.2, 0.25) is 0 Å². The summed E-state index contributed by atoms with van der Waals surface area (Å²) in [5.74, 6) is -1.03. The Balaban J connectivity index is 1.56. The van der Waals surface area contributed by atoms with E-state index in [-0.39, 0.29) is 23.4 Å². The number of nitrogens with zero attached hydrogens (tertiary/aromatic N) is 4. The first-order chi connectivity index (χ1) is 13.0. The summed E-state index contributed by atoms with van der Waals surface area (Å²) in [5, 5.41) is 24.5. The molecule has 1 aromatic carbocycles. The lowest BCUT2D eigenvalue weighted by atomic mass is 9.94. The third-order valence-corrected chi connectivity index (χ3v) is 5.56. The van der Waals surface area contributed by atoms with Crippen molar-refractivity contribution in [2.75, 3.05) is 6.54 Å². The zero-order valence-corrected chi connectivity index (χ0v) is 14.4. The number of aromatic nitrogens is 2. The molecule has 1 aliphatic heterocycles. The SMILES string of the molecule is O=C(O)C1C2CCCC2CN1C(=O)c1cnn(-c2ccc([N+](=O)[O-])cc2)c1. The van der Waals surface area contributed by atoms with Crippen LogP contribution in [0.1, 0.15) is 29.6 Å². The molecule has 9 nitrogen and oxygen atoms in total. The third kappa shape index (κ3) is 2.94. The smallest absolute Gasteiger partial charge is 0.326 e. The van der Waals surface area contributed by atoms with Gasteiger partial charge in [0.15, 0.2) is 0 Å². The van der Waals surface area contributed by atoms with Crippen molar-refractivity contribution in [1.29, 1.82) is 0 Å². The molecule has 0 radical (unpaired) electrons. The van der Waals surface area contributed by atoms with Crippen LogP contribution in [0.15, 0.2) is 36.7 Å². The van der Waals surface area contributed by atoms with Crippen molar-refractivity contribution >= 4 is 17.6 Å². The van der Waals surface area contributed by atoms with Crippen molar-refractivity contribution < 1.29 is 19.6 Å². The Morgan fingerprint density at radius 2 is 1.96 bits per heavy atom. The molecule has 2 fully saturated rings. The van der Waals surface area contributed by atoms with E-state index >= 15 is 0 Å². The second kappa shape index (κ2) is 6.49. The molecule has 1 aliphatic carbocycles. The number of carbonyl (C=O) groups is 2. The molecule has 1 saturated heterocycles. The Morgan fingerprint density at radius 1 is 1.22 bits per heavy atom. The Labute approximate surface area is 154 Å². The Hall–Kier alpha value is -3.23. The number of benzene rings is 1. The van der Waals surface area contributed by atoms with Crippen LogP contribution in [-0.2, 0) is 4.79 Å². The molecular formula is C18H18N4O5. The highest BCUT2D eigenvalue weighted by molar-refractivity contribution is 5.96. The number of amides is 1. The number of hydrogen-bond donors (Lipinski definition) is 1. The van der Waals surface area contributed by atoms with Gasteiger partial charge in [-0.1, -0.05) is 6.42 Å². The summed E-state index contributed by atoms with van der Waals surface area (Å²) in [6, 6.07) is 5.02. The van der Waals surface area contributed by atoms with Gasteiger partial charge in [0.2, 0.25) is 0 Å². The van der Waals surface area contributed by atoms with Gasteiger partial charge >= 0.3 is 5.97 Å². The Bertz CT molecular complexity index is 907. The quantitative estimate of drug-likeness (QED) is 0.650. The highest BCUT2D eigenvalue weighted by Crippen LogP contribution is 2.42. The molecule has 1 aromatic heterocycles. The van der Waals surface area contributed by atoms with E-state index in [0.29, 0.717) is 17.8 Å². The van der Waals surface area contributed by atoms with Crippen LogP contribution >= 0.6 is 0 Å². The van der Waals surface area contributed by atoms with E-state index in [9.17, 15) is 24.8 Å². The molecule has 1 N–H and O–H groups in total. The fourth-order valence-corrected chi connectivity index (χ4v) is 4.30. The van der Waals surface area contributed by atoms with Gasteiger partial charge in [0.1, 0.15) is 6.04 Å². The van der Waals surface area contributed by atoms with Crippen LogP contribution in [0.4, 0.5) is 5.69 Å². The van der Waals surface area contributed by atoms with E-state index in [2.05, 4.69) is 5.10 Å². The molecule has 2 heterocycles.